The van der Waals surface area contributed by atoms with Gasteiger partial charge in [-0.25, -0.2) is 0 Å². The molecule has 0 spiro atoms. The lowest BCUT2D eigenvalue weighted by Crippen LogP contribution is -2.47. The molecule has 2 N–H and O–H groups in total. The first-order valence-electron chi connectivity index (χ1n) is 5.33. The summed E-state index contributed by atoms with van der Waals surface area (Å²) in [5, 5.41) is 3.81. The Labute approximate surface area is 85.2 Å². The van der Waals surface area contributed by atoms with Crippen LogP contribution in [0.4, 0.5) is 0 Å². The van der Waals surface area contributed by atoms with Crippen LogP contribution in [0, 0.1) is 0 Å². The molecule has 0 aliphatic carbocycles. The standard InChI is InChI=1S/C10H26N2Si/c1-7-11-8-12-13(9(2)3)10(4,5)6/h9,11-13H,7-8H2,1-6H3. The van der Waals surface area contributed by atoms with Gasteiger partial charge >= 0.3 is 0 Å². The third kappa shape index (κ3) is 5.44. The summed E-state index contributed by atoms with van der Waals surface area (Å²) >= 11 is 0. The van der Waals surface area contributed by atoms with Gasteiger partial charge in [0.05, 0.1) is 0 Å². The second-order valence-corrected chi connectivity index (χ2v) is 9.50. The van der Waals surface area contributed by atoms with Crippen LogP contribution < -0.4 is 10.3 Å². The van der Waals surface area contributed by atoms with Crippen molar-refractivity contribution in [2.24, 2.45) is 0 Å². The van der Waals surface area contributed by atoms with Gasteiger partial charge in [-0.15, -0.1) is 0 Å². The number of rotatable bonds is 5. The van der Waals surface area contributed by atoms with Gasteiger partial charge in [0.1, 0.15) is 8.96 Å². The van der Waals surface area contributed by atoms with Gasteiger partial charge in [0.25, 0.3) is 0 Å². The zero-order valence-corrected chi connectivity index (χ0v) is 11.2. The maximum absolute atomic E-state index is 3.69. The fourth-order valence-corrected chi connectivity index (χ4v) is 5.30. The highest BCUT2D eigenvalue weighted by Crippen LogP contribution is 2.31. The molecule has 3 heteroatoms. The van der Waals surface area contributed by atoms with E-state index in [1.54, 1.807) is 0 Å². The van der Waals surface area contributed by atoms with E-state index in [4.69, 9.17) is 0 Å². The highest BCUT2D eigenvalue weighted by atomic mass is 28.3. The van der Waals surface area contributed by atoms with Crippen molar-refractivity contribution < 1.29 is 0 Å². The van der Waals surface area contributed by atoms with E-state index in [1.165, 1.54) is 0 Å². The molecule has 13 heavy (non-hydrogen) atoms. The Morgan fingerprint density at radius 1 is 1.23 bits per heavy atom. The van der Waals surface area contributed by atoms with Gasteiger partial charge in [-0.3, -0.25) is 0 Å². The molecule has 0 aromatic carbocycles. The predicted octanol–water partition coefficient (Wildman–Crippen LogP) is 2.08. The molecule has 1 unspecified atom stereocenters. The Morgan fingerprint density at radius 2 is 1.77 bits per heavy atom. The summed E-state index contributed by atoms with van der Waals surface area (Å²) in [4.78, 5) is 3.69. The highest BCUT2D eigenvalue weighted by molar-refractivity contribution is 6.60. The van der Waals surface area contributed by atoms with E-state index in [1.807, 2.05) is 0 Å². The van der Waals surface area contributed by atoms with Gasteiger partial charge in [0, 0.05) is 6.67 Å². The zero-order chi connectivity index (χ0) is 10.5. The van der Waals surface area contributed by atoms with Crippen molar-refractivity contribution in [2.45, 2.75) is 52.1 Å². The summed E-state index contributed by atoms with van der Waals surface area (Å²) < 4.78 is 0. The van der Waals surface area contributed by atoms with Gasteiger partial charge in [-0.2, -0.15) is 0 Å². The first-order valence-corrected chi connectivity index (χ1v) is 7.15. The fourth-order valence-electron chi connectivity index (χ4n) is 1.85. The van der Waals surface area contributed by atoms with Gasteiger partial charge in [0.15, 0.2) is 0 Å². The first-order chi connectivity index (χ1) is 5.89. The molecule has 0 bridgehead atoms. The van der Waals surface area contributed by atoms with Gasteiger partial charge < -0.3 is 10.3 Å². The van der Waals surface area contributed by atoms with E-state index in [2.05, 4.69) is 51.8 Å². The normalized spacial score (nSPS) is 15.0. The summed E-state index contributed by atoms with van der Waals surface area (Å²) in [7, 11) is -0.839. The summed E-state index contributed by atoms with van der Waals surface area (Å²) in [6, 6.07) is 0. The topological polar surface area (TPSA) is 24.1 Å². The first kappa shape index (κ1) is 13.1. The van der Waals surface area contributed by atoms with Crippen LogP contribution in [0.2, 0.25) is 10.6 Å². The molecule has 80 valence electrons. The highest BCUT2D eigenvalue weighted by Gasteiger charge is 2.28. The number of hydrogen-bond acceptors (Lipinski definition) is 2. The second kappa shape index (κ2) is 5.78. The van der Waals surface area contributed by atoms with Crippen molar-refractivity contribution in [1.29, 1.82) is 0 Å². The Hall–Kier alpha value is 0.137. The fraction of sp³-hybridized carbons (Fsp3) is 1.00. The van der Waals surface area contributed by atoms with Crippen molar-refractivity contribution in [3.63, 3.8) is 0 Å². The molecule has 0 aliphatic heterocycles. The molecule has 1 atom stereocenters. The molecular weight excluding hydrogens is 176 g/mol. The minimum atomic E-state index is -0.839. The van der Waals surface area contributed by atoms with Gasteiger partial charge in [0.2, 0.25) is 0 Å². The molecule has 0 heterocycles. The van der Waals surface area contributed by atoms with E-state index in [0.717, 1.165) is 18.8 Å². The van der Waals surface area contributed by atoms with Crippen molar-refractivity contribution in [2.75, 3.05) is 13.2 Å². The molecule has 0 amide bonds. The zero-order valence-electron chi connectivity index (χ0n) is 10.1. The van der Waals surface area contributed by atoms with Crippen molar-refractivity contribution in [3.05, 3.63) is 0 Å². The quantitative estimate of drug-likeness (QED) is 0.405. The van der Waals surface area contributed by atoms with Crippen molar-refractivity contribution in [3.8, 4) is 0 Å². The lowest BCUT2D eigenvalue weighted by atomic mass is 10.2. The Balaban J connectivity index is 3.97. The third-order valence-electron chi connectivity index (χ3n) is 2.30. The predicted molar refractivity (Wildman–Crippen MR) is 63.6 cm³/mol. The average Bonchev–Trinajstić information content (AvgIpc) is 1.94. The molecule has 0 saturated heterocycles. The lowest BCUT2D eigenvalue weighted by molar-refractivity contribution is 0.639. The minimum absolute atomic E-state index is 0.476. The lowest BCUT2D eigenvalue weighted by Gasteiger charge is -2.33. The van der Waals surface area contributed by atoms with Crippen LogP contribution >= 0.6 is 0 Å². The van der Waals surface area contributed by atoms with Crippen LogP contribution in [0.3, 0.4) is 0 Å². The number of hydrogen-bond donors (Lipinski definition) is 2. The summed E-state index contributed by atoms with van der Waals surface area (Å²) in [5.41, 5.74) is 0.818. The van der Waals surface area contributed by atoms with Crippen LogP contribution in [-0.4, -0.2) is 22.2 Å². The largest absolute Gasteiger partial charge is 0.327 e. The van der Waals surface area contributed by atoms with Crippen LogP contribution in [-0.2, 0) is 0 Å². The SMILES string of the molecule is CCNCN[SiH](C(C)C)C(C)(C)C. The maximum atomic E-state index is 3.69. The third-order valence-corrected chi connectivity index (χ3v) is 6.14. The van der Waals surface area contributed by atoms with Crippen LogP contribution in [0.5, 0.6) is 0 Å². The van der Waals surface area contributed by atoms with E-state index < -0.39 is 8.96 Å². The molecule has 0 rings (SSSR count). The summed E-state index contributed by atoms with van der Waals surface area (Å²) in [6.45, 7) is 15.9. The van der Waals surface area contributed by atoms with Crippen molar-refractivity contribution in [1.82, 2.24) is 10.3 Å². The molecule has 2 nitrogen and oxygen atoms in total. The Bertz CT molecular complexity index is 129. The van der Waals surface area contributed by atoms with E-state index in [0.29, 0.717) is 5.04 Å². The molecule has 0 radical (unpaired) electrons. The summed E-state index contributed by atoms with van der Waals surface area (Å²) in [5.74, 6) is 0. The molecule has 0 fully saturated rings. The van der Waals surface area contributed by atoms with E-state index in [9.17, 15) is 0 Å². The monoisotopic (exact) mass is 202 g/mol. The molecule has 0 aromatic heterocycles. The summed E-state index contributed by atoms with van der Waals surface area (Å²) in [6.07, 6.45) is 0. The van der Waals surface area contributed by atoms with E-state index >= 15 is 0 Å². The number of nitrogens with one attached hydrogen (secondary N) is 2. The van der Waals surface area contributed by atoms with Crippen LogP contribution in [0.1, 0.15) is 41.5 Å². The molecule has 0 aliphatic rings. The average molecular weight is 202 g/mol. The van der Waals surface area contributed by atoms with Crippen molar-refractivity contribution >= 4 is 8.96 Å². The van der Waals surface area contributed by atoms with Gasteiger partial charge in [-0.1, -0.05) is 41.5 Å². The van der Waals surface area contributed by atoms with Gasteiger partial charge in [-0.05, 0) is 17.1 Å². The molecule has 0 aromatic rings. The molecule has 0 saturated carbocycles. The smallest absolute Gasteiger partial charge is 0.118 e. The Kier molecular flexibility index (Phi) is 5.84. The van der Waals surface area contributed by atoms with E-state index in [-0.39, 0.29) is 0 Å². The second-order valence-electron chi connectivity index (χ2n) is 5.07. The van der Waals surface area contributed by atoms with Crippen LogP contribution in [0.15, 0.2) is 0 Å². The minimum Gasteiger partial charge on any atom is -0.327 e. The van der Waals surface area contributed by atoms with Crippen LogP contribution in [0.25, 0.3) is 0 Å². The Morgan fingerprint density at radius 3 is 2.08 bits per heavy atom. The maximum Gasteiger partial charge on any atom is 0.118 e. The molecular formula is C10H26N2Si.